The van der Waals surface area contributed by atoms with Gasteiger partial charge in [-0.3, -0.25) is 0 Å². The second-order valence-electron chi connectivity index (χ2n) is 4.01. The maximum absolute atomic E-state index is 13.7. The van der Waals surface area contributed by atoms with Crippen molar-refractivity contribution in [3.05, 3.63) is 45.7 Å². The van der Waals surface area contributed by atoms with Crippen LogP contribution in [0.3, 0.4) is 0 Å². The third-order valence-corrected chi connectivity index (χ3v) is 3.30. The van der Waals surface area contributed by atoms with Crippen LogP contribution in [-0.4, -0.2) is 10.1 Å². The second kappa shape index (κ2) is 5.46. The highest BCUT2D eigenvalue weighted by atomic mass is 32.1. The summed E-state index contributed by atoms with van der Waals surface area (Å²) in [5.74, 6) is -0.301. The summed E-state index contributed by atoms with van der Waals surface area (Å²) < 4.78 is 19.0. The number of halogens is 1. The number of thiazole rings is 1. The number of hydrogen-bond donors (Lipinski definition) is 1. The van der Waals surface area contributed by atoms with Gasteiger partial charge in [0.2, 0.25) is 0 Å². The van der Waals surface area contributed by atoms with Crippen LogP contribution >= 0.6 is 11.3 Å². The highest BCUT2D eigenvalue weighted by Gasteiger charge is 2.08. The average molecular weight is 267 g/mol. The zero-order valence-corrected chi connectivity index (χ0v) is 11.0. The molecule has 1 N–H and O–H groups in total. The first-order valence-corrected chi connectivity index (χ1v) is 6.45. The third kappa shape index (κ3) is 3.05. The Morgan fingerprint density at radius 1 is 1.50 bits per heavy atom. The fourth-order valence-electron chi connectivity index (χ4n) is 1.52. The molecule has 96 valence electrons. The van der Waals surface area contributed by atoms with Gasteiger partial charge < -0.3 is 9.84 Å². The van der Waals surface area contributed by atoms with E-state index in [2.05, 4.69) is 4.98 Å². The first-order valence-electron chi connectivity index (χ1n) is 5.57. The lowest BCUT2D eigenvalue weighted by Crippen LogP contribution is -1.99. The van der Waals surface area contributed by atoms with Crippen LogP contribution in [0.15, 0.2) is 23.6 Å². The molecule has 0 fully saturated rings. The molecule has 0 spiro atoms. The SMILES string of the molecule is Cc1nc(COc2ccc([C@@H](C)O)cc2F)cs1. The Kier molecular flexibility index (Phi) is 3.93. The molecule has 1 atom stereocenters. The molecule has 1 aromatic carbocycles. The molecule has 0 aliphatic rings. The number of aryl methyl sites for hydroxylation is 1. The smallest absolute Gasteiger partial charge is 0.165 e. The number of hydrogen-bond acceptors (Lipinski definition) is 4. The lowest BCUT2D eigenvalue weighted by molar-refractivity contribution is 0.198. The van der Waals surface area contributed by atoms with Crippen LogP contribution in [-0.2, 0) is 6.61 Å². The number of ether oxygens (including phenoxy) is 1. The molecule has 0 saturated heterocycles. The Hall–Kier alpha value is -1.46. The van der Waals surface area contributed by atoms with Gasteiger partial charge in [0.1, 0.15) is 6.61 Å². The van der Waals surface area contributed by atoms with Crippen LogP contribution in [0.4, 0.5) is 4.39 Å². The van der Waals surface area contributed by atoms with Crippen LogP contribution < -0.4 is 4.74 Å². The summed E-state index contributed by atoms with van der Waals surface area (Å²) in [7, 11) is 0. The average Bonchev–Trinajstić information content (AvgIpc) is 2.73. The van der Waals surface area contributed by atoms with Gasteiger partial charge in [-0.25, -0.2) is 9.37 Å². The Morgan fingerprint density at radius 3 is 2.83 bits per heavy atom. The minimum absolute atomic E-state index is 0.171. The molecular weight excluding hydrogens is 253 g/mol. The van der Waals surface area contributed by atoms with E-state index in [-0.39, 0.29) is 12.4 Å². The van der Waals surface area contributed by atoms with E-state index in [0.717, 1.165) is 10.7 Å². The van der Waals surface area contributed by atoms with Crippen LogP contribution in [0, 0.1) is 12.7 Å². The first-order chi connectivity index (χ1) is 8.56. The van der Waals surface area contributed by atoms with Crippen molar-refractivity contribution in [3.8, 4) is 5.75 Å². The van der Waals surface area contributed by atoms with Crippen molar-refractivity contribution in [2.24, 2.45) is 0 Å². The number of benzene rings is 1. The van der Waals surface area contributed by atoms with E-state index < -0.39 is 11.9 Å². The van der Waals surface area contributed by atoms with Crippen molar-refractivity contribution >= 4 is 11.3 Å². The largest absolute Gasteiger partial charge is 0.484 e. The van der Waals surface area contributed by atoms with Crippen LogP contribution in [0.2, 0.25) is 0 Å². The van der Waals surface area contributed by atoms with E-state index in [4.69, 9.17) is 4.74 Å². The number of aliphatic hydroxyl groups is 1. The van der Waals surface area contributed by atoms with Crippen LogP contribution in [0.25, 0.3) is 0 Å². The molecular formula is C13H14FNO2S. The fraction of sp³-hybridized carbons (Fsp3) is 0.308. The Labute approximate surface area is 109 Å². The van der Waals surface area contributed by atoms with E-state index >= 15 is 0 Å². The molecule has 0 aliphatic heterocycles. The van der Waals surface area contributed by atoms with Gasteiger partial charge in [-0.1, -0.05) is 6.07 Å². The molecule has 0 saturated carbocycles. The summed E-state index contributed by atoms with van der Waals surface area (Å²) >= 11 is 1.53. The molecule has 0 aliphatic carbocycles. The maximum atomic E-state index is 13.7. The number of aliphatic hydroxyl groups excluding tert-OH is 1. The summed E-state index contributed by atoms with van der Waals surface area (Å²) in [6.45, 7) is 3.74. The van der Waals surface area contributed by atoms with E-state index in [1.54, 1.807) is 13.0 Å². The van der Waals surface area contributed by atoms with Crippen molar-refractivity contribution < 1.29 is 14.2 Å². The van der Waals surface area contributed by atoms with Gasteiger partial charge >= 0.3 is 0 Å². The molecule has 0 radical (unpaired) electrons. The number of aromatic nitrogens is 1. The normalized spacial score (nSPS) is 12.4. The molecule has 2 aromatic rings. The third-order valence-electron chi connectivity index (χ3n) is 2.48. The summed E-state index contributed by atoms with van der Waals surface area (Å²) in [6, 6.07) is 4.46. The van der Waals surface area contributed by atoms with Gasteiger partial charge in [0.05, 0.1) is 16.8 Å². The molecule has 1 heterocycles. The minimum atomic E-state index is -0.685. The topological polar surface area (TPSA) is 42.4 Å². The van der Waals surface area contributed by atoms with Gasteiger partial charge in [-0.2, -0.15) is 0 Å². The molecule has 0 amide bonds. The van der Waals surface area contributed by atoms with Gasteiger partial charge in [-0.15, -0.1) is 11.3 Å². The van der Waals surface area contributed by atoms with E-state index in [1.165, 1.54) is 23.5 Å². The molecule has 0 bridgehead atoms. The van der Waals surface area contributed by atoms with Crippen molar-refractivity contribution in [2.75, 3.05) is 0 Å². The number of nitrogens with zero attached hydrogens (tertiary/aromatic N) is 1. The van der Waals surface area contributed by atoms with Crippen molar-refractivity contribution in [1.82, 2.24) is 4.98 Å². The predicted molar refractivity (Wildman–Crippen MR) is 68.2 cm³/mol. The molecule has 3 nitrogen and oxygen atoms in total. The lowest BCUT2D eigenvalue weighted by atomic mass is 10.1. The fourth-order valence-corrected chi connectivity index (χ4v) is 2.12. The van der Waals surface area contributed by atoms with Gasteiger partial charge in [0.25, 0.3) is 0 Å². The molecule has 1 aromatic heterocycles. The zero-order valence-electron chi connectivity index (χ0n) is 10.2. The summed E-state index contributed by atoms with van der Waals surface area (Å²) in [5, 5.41) is 12.2. The van der Waals surface area contributed by atoms with Gasteiger partial charge in [0, 0.05) is 5.38 Å². The van der Waals surface area contributed by atoms with Crippen molar-refractivity contribution in [1.29, 1.82) is 0 Å². The van der Waals surface area contributed by atoms with Crippen molar-refractivity contribution in [3.63, 3.8) is 0 Å². The molecule has 0 unspecified atom stereocenters. The standard InChI is InChI=1S/C13H14FNO2S/c1-8(16)10-3-4-13(12(14)5-10)17-6-11-7-18-9(2)15-11/h3-5,7-8,16H,6H2,1-2H3/t8-/m1/s1. The highest BCUT2D eigenvalue weighted by Crippen LogP contribution is 2.23. The first kappa shape index (κ1) is 13.0. The van der Waals surface area contributed by atoms with E-state index in [9.17, 15) is 9.50 Å². The Bertz CT molecular complexity index is 540. The summed E-state index contributed by atoms with van der Waals surface area (Å²) in [6.07, 6.45) is -0.685. The molecule has 2 rings (SSSR count). The van der Waals surface area contributed by atoms with Crippen LogP contribution in [0.1, 0.15) is 29.3 Å². The monoisotopic (exact) mass is 267 g/mol. The lowest BCUT2D eigenvalue weighted by Gasteiger charge is -2.09. The van der Waals surface area contributed by atoms with E-state index in [1.807, 2.05) is 12.3 Å². The van der Waals surface area contributed by atoms with Crippen molar-refractivity contribution in [2.45, 2.75) is 26.6 Å². The quantitative estimate of drug-likeness (QED) is 0.924. The zero-order chi connectivity index (χ0) is 13.1. The summed E-state index contributed by atoms with van der Waals surface area (Å²) in [5.41, 5.74) is 1.32. The maximum Gasteiger partial charge on any atom is 0.165 e. The predicted octanol–water partition coefficient (Wildman–Crippen LogP) is 3.22. The Balaban J connectivity index is 2.05. The van der Waals surface area contributed by atoms with Gasteiger partial charge in [0.15, 0.2) is 11.6 Å². The summed E-state index contributed by atoms with van der Waals surface area (Å²) in [4.78, 5) is 4.23. The molecule has 18 heavy (non-hydrogen) atoms. The number of rotatable bonds is 4. The molecule has 5 heteroatoms. The minimum Gasteiger partial charge on any atom is -0.484 e. The second-order valence-corrected chi connectivity index (χ2v) is 5.07. The van der Waals surface area contributed by atoms with Crippen LogP contribution in [0.5, 0.6) is 5.75 Å². The Morgan fingerprint density at radius 2 is 2.28 bits per heavy atom. The highest BCUT2D eigenvalue weighted by molar-refractivity contribution is 7.09. The van der Waals surface area contributed by atoms with Gasteiger partial charge in [-0.05, 0) is 31.5 Å². The van der Waals surface area contributed by atoms with E-state index in [0.29, 0.717) is 5.56 Å².